The Morgan fingerprint density at radius 1 is 1.21 bits per heavy atom. The molecule has 2 fully saturated rings. The molecular formula is C26H25ClF2N8O. The van der Waals surface area contributed by atoms with E-state index in [-0.39, 0.29) is 17.3 Å². The number of hydrogen-bond acceptors (Lipinski definition) is 7. The van der Waals surface area contributed by atoms with Crippen molar-refractivity contribution in [2.45, 2.75) is 32.2 Å². The molecule has 12 heteroatoms. The van der Waals surface area contributed by atoms with Gasteiger partial charge in [0, 0.05) is 31.1 Å². The Labute approximate surface area is 223 Å². The van der Waals surface area contributed by atoms with E-state index in [1.807, 2.05) is 23.1 Å². The summed E-state index contributed by atoms with van der Waals surface area (Å²) in [7, 11) is 0. The van der Waals surface area contributed by atoms with Crippen molar-refractivity contribution in [2.75, 3.05) is 37.9 Å². The molecule has 3 heterocycles. The van der Waals surface area contributed by atoms with Crippen LogP contribution in [0.15, 0.2) is 24.7 Å². The number of nitriles is 2. The number of piperazine rings is 1. The molecule has 3 unspecified atom stereocenters. The summed E-state index contributed by atoms with van der Waals surface area (Å²) in [6.07, 6.45) is 4.06. The highest BCUT2D eigenvalue weighted by Gasteiger charge is 2.45. The number of aromatic nitrogens is 4. The zero-order valence-electron chi connectivity index (χ0n) is 20.9. The van der Waals surface area contributed by atoms with Crippen molar-refractivity contribution < 1.29 is 13.6 Å². The van der Waals surface area contributed by atoms with E-state index in [1.165, 1.54) is 15.9 Å². The first-order valence-electron chi connectivity index (χ1n) is 12.3. The van der Waals surface area contributed by atoms with E-state index < -0.39 is 30.7 Å². The molecule has 1 saturated carbocycles. The van der Waals surface area contributed by atoms with Crippen molar-refractivity contribution in [1.29, 1.82) is 10.5 Å². The van der Waals surface area contributed by atoms with Gasteiger partial charge in [0.1, 0.15) is 42.6 Å². The molecule has 0 N–H and O–H groups in total. The minimum absolute atomic E-state index is 0.0967. The average molecular weight is 539 g/mol. The van der Waals surface area contributed by atoms with Gasteiger partial charge in [0.2, 0.25) is 5.91 Å². The molecule has 0 bridgehead atoms. The van der Waals surface area contributed by atoms with E-state index in [1.54, 1.807) is 19.2 Å². The molecule has 1 aliphatic carbocycles. The summed E-state index contributed by atoms with van der Waals surface area (Å²) in [5.41, 5.74) is 0.347. The molecule has 0 spiro atoms. The highest BCUT2D eigenvalue weighted by molar-refractivity contribution is 6.30. The lowest BCUT2D eigenvalue weighted by atomic mass is 9.90. The van der Waals surface area contributed by atoms with Crippen LogP contribution in [0.3, 0.4) is 0 Å². The van der Waals surface area contributed by atoms with Crippen LogP contribution in [0.4, 0.5) is 14.6 Å². The summed E-state index contributed by atoms with van der Waals surface area (Å²) < 4.78 is 28.7. The molecule has 1 aromatic carbocycles. The Morgan fingerprint density at radius 3 is 2.53 bits per heavy atom. The largest absolute Gasteiger partial charge is 0.352 e. The Kier molecular flexibility index (Phi) is 6.66. The van der Waals surface area contributed by atoms with Crippen LogP contribution >= 0.6 is 11.6 Å². The Bertz CT molecular complexity index is 1490. The van der Waals surface area contributed by atoms with E-state index >= 15 is 0 Å². The van der Waals surface area contributed by atoms with Crippen LogP contribution < -0.4 is 4.90 Å². The SMILES string of the molecule is CC1CC1c1ccc(-n2cc(C#N)c(Cl)n2)c2ncnc(N3CCN(C(=O)C(C#N)(CF)CF)C(C)C3)c12. The zero-order chi connectivity index (χ0) is 27.2. The summed E-state index contributed by atoms with van der Waals surface area (Å²) in [4.78, 5) is 25.6. The second kappa shape index (κ2) is 9.80. The second-order valence-corrected chi connectivity index (χ2v) is 10.4. The molecule has 1 aliphatic heterocycles. The first-order valence-corrected chi connectivity index (χ1v) is 12.7. The van der Waals surface area contributed by atoms with Crippen molar-refractivity contribution in [1.82, 2.24) is 24.6 Å². The topological polar surface area (TPSA) is 115 Å². The van der Waals surface area contributed by atoms with Gasteiger partial charge in [-0.05, 0) is 36.8 Å². The third kappa shape index (κ3) is 4.11. The van der Waals surface area contributed by atoms with Crippen molar-refractivity contribution in [3.05, 3.63) is 40.9 Å². The fourth-order valence-electron chi connectivity index (χ4n) is 5.19. The normalized spacial score (nSPS) is 21.3. The number of carbonyl (C=O) groups excluding carboxylic acids is 1. The first kappa shape index (κ1) is 25.8. The Morgan fingerprint density at radius 2 is 1.95 bits per heavy atom. The number of hydrogen-bond donors (Lipinski definition) is 0. The summed E-state index contributed by atoms with van der Waals surface area (Å²) in [5.74, 6) is 0.711. The number of anilines is 1. The van der Waals surface area contributed by atoms with E-state index in [9.17, 15) is 24.1 Å². The maximum absolute atomic E-state index is 13.6. The molecule has 2 aliphatic rings. The number of halogens is 3. The maximum Gasteiger partial charge on any atom is 0.248 e. The van der Waals surface area contributed by atoms with Crippen molar-refractivity contribution in [3.8, 4) is 17.8 Å². The van der Waals surface area contributed by atoms with Crippen molar-refractivity contribution in [3.63, 3.8) is 0 Å². The predicted octanol–water partition coefficient (Wildman–Crippen LogP) is 3.95. The lowest BCUT2D eigenvalue weighted by Gasteiger charge is -2.42. The van der Waals surface area contributed by atoms with Crippen molar-refractivity contribution in [2.24, 2.45) is 11.3 Å². The van der Waals surface area contributed by atoms with Gasteiger partial charge in [-0.25, -0.2) is 23.4 Å². The smallest absolute Gasteiger partial charge is 0.248 e. The van der Waals surface area contributed by atoms with Gasteiger partial charge in [0.25, 0.3) is 0 Å². The van der Waals surface area contributed by atoms with Gasteiger partial charge in [0.15, 0.2) is 10.6 Å². The van der Waals surface area contributed by atoms with Gasteiger partial charge >= 0.3 is 0 Å². The monoisotopic (exact) mass is 538 g/mol. The predicted molar refractivity (Wildman–Crippen MR) is 136 cm³/mol. The molecule has 196 valence electrons. The summed E-state index contributed by atoms with van der Waals surface area (Å²) in [5, 5.41) is 23.9. The fraction of sp³-hybridized carbons (Fsp3) is 0.462. The highest BCUT2D eigenvalue weighted by atomic mass is 35.5. The number of rotatable bonds is 6. The Hall–Kier alpha value is -3.83. The van der Waals surface area contributed by atoms with Gasteiger partial charge in [-0.15, -0.1) is 0 Å². The van der Waals surface area contributed by atoms with Crippen LogP contribution in [0, 0.1) is 34.0 Å². The molecule has 5 rings (SSSR count). The van der Waals surface area contributed by atoms with Crippen LogP contribution in [0.5, 0.6) is 0 Å². The number of carbonyl (C=O) groups is 1. The minimum Gasteiger partial charge on any atom is -0.352 e. The van der Waals surface area contributed by atoms with E-state index in [0.717, 1.165) is 17.4 Å². The molecule has 2 aromatic heterocycles. The quantitative estimate of drug-likeness (QED) is 0.466. The van der Waals surface area contributed by atoms with Gasteiger partial charge < -0.3 is 9.80 Å². The lowest BCUT2D eigenvalue weighted by molar-refractivity contribution is -0.143. The van der Waals surface area contributed by atoms with Crippen molar-refractivity contribution >= 4 is 34.2 Å². The average Bonchev–Trinajstić information content (AvgIpc) is 3.54. The molecule has 1 saturated heterocycles. The van der Waals surface area contributed by atoms with Crippen LogP contribution in [-0.2, 0) is 4.79 Å². The number of benzene rings is 1. The second-order valence-electron chi connectivity index (χ2n) is 10.1. The number of amides is 1. The first-order chi connectivity index (χ1) is 18.3. The van der Waals surface area contributed by atoms with Crippen LogP contribution in [0.2, 0.25) is 5.15 Å². The third-order valence-corrected chi connectivity index (χ3v) is 7.87. The molecule has 0 radical (unpaired) electrons. The standard InChI is InChI=1S/C26H25ClF2N8O/c1-15-7-19(15)18-3-4-20(37-10-17(8-30)23(27)34-37)22-21(18)24(33-14-32-22)35-5-6-36(16(2)9-35)25(38)26(11-28,12-29)13-31/h3-4,10,14-16,19H,5-7,9,11-12H2,1-2H3. The van der Waals surface area contributed by atoms with Crippen LogP contribution in [0.1, 0.15) is 37.3 Å². The zero-order valence-corrected chi connectivity index (χ0v) is 21.7. The molecule has 9 nitrogen and oxygen atoms in total. The van der Waals surface area contributed by atoms with Gasteiger partial charge in [-0.1, -0.05) is 24.6 Å². The molecule has 3 atom stereocenters. The fourth-order valence-corrected chi connectivity index (χ4v) is 5.36. The molecule has 1 amide bonds. The minimum atomic E-state index is -2.31. The van der Waals surface area contributed by atoms with Crippen LogP contribution in [-0.4, -0.2) is 69.6 Å². The van der Waals surface area contributed by atoms with Crippen LogP contribution in [0.25, 0.3) is 16.6 Å². The molecular weight excluding hydrogens is 514 g/mol. The van der Waals surface area contributed by atoms with Gasteiger partial charge in [-0.2, -0.15) is 15.6 Å². The summed E-state index contributed by atoms with van der Waals surface area (Å²) in [6.45, 7) is 2.12. The number of nitrogens with zero attached hydrogens (tertiary/aromatic N) is 8. The van der Waals surface area contributed by atoms with E-state index in [0.29, 0.717) is 41.9 Å². The third-order valence-electron chi connectivity index (χ3n) is 7.59. The van der Waals surface area contributed by atoms with E-state index in [2.05, 4.69) is 22.0 Å². The highest BCUT2D eigenvalue weighted by Crippen LogP contribution is 2.50. The number of alkyl halides is 2. The molecule has 38 heavy (non-hydrogen) atoms. The maximum atomic E-state index is 13.6. The van der Waals surface area contributed by atoms with E-state index in [4.69, 9.17) is 11.6 Å². The van der Waals surface area contributed by atoms with Gasteiger partial charge in [-0.3, -0.25) is 4.79 Å². The Balaban J connectivity index is 1.55. The summed E-state index contributed by atoms with van der Waals surface area (Å²) >= 11 is 6.13. The lowest BCUT2D eigenvalue weighted by Crippen LogP contribution is -2.58. The van der Waals surface area contributed by atoms with Gasteiger partial charge in [0.05, 0.1) is 18.0 Å². The summed E-state index contributed by atoms with van der Waals surface area (Å²) in [6, 6.07) is 7.11. The number of fused-ring (bicyclic) bond motifs is 1. The molecule has 3 aromatic rings.